The molecule has 1 aliphatic rings. The number of allylic oxidation sites excluding steroid dienone is 1. The summed E-state index contributed by atoms with van der Waals surface area (Å²) in [5, 5.41) is 22.9. The molecule has 140 valence electrons. The van der Waals surface area contributed by atoms with E-state index in [1.807, 2.05) is 6.26 Å². The topological polar surface area (TPSA) is 122 Å². The minimum Gasteiger partial charge on any atom is -0.387 e. The van der Waals surface area contributed by atoms with Gasteiger partial charge in [0.25, 0.3) is 5.91 Å². The van der Waals surface area contributed by atoms with Gasteiger partial charge < -0.3 is 20.3 Å². The quantitative estimate of drug-likeness (QED) is 0.642. The van der Waals surface area contributed by atoms with Crippen LogP contribution in [0, 0.1) is 0 Å². The molecule has 3 rings (SSSR count). The van der Waals surface area contributed by atoms with Crippen LogP contribution in [0.5, 0.6) is 0 Å². The molecule has 1 aliphatic heterocycles. The minimum atomic E-state index is -1.16. The molecular weight excluding hydrogens is 365 g/mol. The van der Waals surface area contributed by atoms with Crippen molar-refractivity contribution in [2.24, 2.45) is 0 Å². The Morgan fingerprint density at radius 1 is 1.42 bits per heavy atom. The number of amides is 1. The molecule has 0 radical (unpaired) electrons. The van der Waals surface area contributed by atoms with E-state index in [9.17, 15) is 19.4 Å². The first-order valence-corrected chi connectivity index (χ1v) is 9.14. The number of hydrogen-bond donors (Lipinski definition) is 3. The summed E-state index contributed by atoms with van der Waals surface area (Å²) in [6.45, 7) is 1.15. The summed E-state index contributed by atoms with van der Waals surface area (Å²) in [7, 11) is 0. The largest absolute Gasteiger partial charge is 0.387 e. The average Bonchev–Trinajstić information content (AvgIpc) is 3.12. The Morgan fingerprint density at radius 3 is 2.88 bits per heavy atom. The van der Waals surface area contributed by atoms with Gasteiger partial charge in [0.1, 0.15) is 24.4 Å². The number of fused-ring (bicyclic) bond motifs is 1. The summed E-state index contributed by atoms with van der Waals surface area (Å²) in [6.07, 6.45) is 1.65. The van der Waals surface area contributed by atoms with Crippen molar-refractivity contribution in [1.29, 1.82) is 0 Å². The molecule has 0 aromatic carbocycles. The highest BCUT2D eigenvalue weighted by molar-refractivity contribution is 7.98. The van der Waals surface area contributed by atoms with Gasteiger partial charge in [-0.1, -0.05) is 0 Å². The molecule has 0 bridgehead atoms. The van der Waals surface area contributed by atoms with Crippen LogP contribution in [0.1, 0.15) is 13.2 Å². The van der Waals surface area contributed by atoms with Crippen LogP contribution in [0.2, 0.25) is 0 Å². The summed E-state index contributed by atoms with van der Waals surface area (Å²) < 4.78 is 20.1. The Bertz CT molecular complexity index is 841. The van der Waals surface area contributed by atoms with E-state index in [4.69, 9.17) is 4.74 Å². The van der Waals surface area contributed by atoms with E-state index in [2.05, 4.69) is 20.3 Å². The fraction of sp³-hybridized carbons (Fsp3) is 0.467. The van der Waals surface area contributed by atoms with Gasteiger partial charge in [0.05, 0.1) is 12.4 Å². The van der Waals surface area contributed by atoms with Crippen LogP contribution in [0.25, 0.3) is 11.2 Å². The smallest absolute Gasteiger partial charge is 0.252 e. The lowest BCUT2D eigenvalue weighted by Crippen LogP contribution is -2.32. The van der Waals surface area contributed by atoms with Gasteiger partial charge >= 0.3 is 0 Å². The number of ether oxygens (including phenoxy) is 1. The van der Waals surface area contributed by atoms with E-state index < -0.39 is 36.3 Å². The van der Waals surface area contributed by atoms with Gasteiger partial charge in [-0.25, -0.2) is 19.3 Å². The Balaban J connectivity index is 1.91. The van der Waals surface area contributed by atoms with Crippen molar-refractivity contribution in [2.45, 2.75) is 31.5 Å². The number of aliphatic hydroxyl groups is 2. The number of nitrogens with one attached hydrogen (secondary N) is 1. The van der Waals surface area contributed by atoms with Gasteiger partial charge in [0.15, 0.2) is 23.2 Å². The number of nitrogens with zero attached hydrogens (tertiary/aromatic N) is 4. The summed E-state index contributed by atoms with van der Waals surface area (Å²) in [5.74, 6) is -0.709. The fourth-order valence-electron chi connectivity index (χ4n) is 2.72. The molecule has 1 amide bonds. The molecular formula is C15H18FN5O4S. The monoisotopic (exact) mass is 383 g/mol. The van der Waals surface area contributed by atoms with Gasteiger partial charge in [0, 0.05) is 11.8 Å². The van der Waals surface area contributed by atoms with Crippen LogP contribution in [0.4, 0.5) is 10.2 Å². The number of hydrogen-bond acceptors (Lipinski definition) is 8. The van der Waals surface area contributed by atoms with E-state index >= 15 is 0 Å². The number of carbonyl (C=O) groups is 1. The normalized spacial score (nSPS) is 26.4. The third-order valence-corrected chi connectivity index (χ3v) is 4.53. The third kappa shape index (κ3) is 3.56. The van der Waals surface area contributed by atoms with Gasteiger partial charge in [-0.3, -0.25) is 9.36 Å². The second kappa shape index (κ2) is 7.66. The van der Waals surface area contributed by atoms with Gasteiger partial charge in [-0.15, -0.1) is 0 Å². The zero-order valence-corrected chi connectivity index (χ0v) is 14.9. The molecule has 0 aliphatic carbocycles. The molecule has 3 heterocycles. The van der Waals surface area contributed by atoms with Crippen molar-refractivity contribution in [1.82, 2.24) is 19.5 Å². The van der Waals surface area contributed by atoms with Crippen LogP contribution in [-0.2, 0) is 9.53 Å². The third-order valence-electron chi connectivity index (χ3n) is 3.87. The second-order valence-corrected chi connectivity index (χ2v) is 6.68. The molecule has 3 N–H and O–H groups in total. The highest BCUT2D eigenvalue weighted by atomic mass is 32.2. The number of carbonyl (C=O) groups excluding carboxylic acids is 1. The second-order valence-electron chi connectivity index (χ2n) is 5.77. The Morgan fingerprint density at radius 2 is 2.19 bits per heavy atom. The maximum atomic E-state index is 12.8. The van der Waals surface area contributed by atoms with Crippen molar-refractivity contribution >= 4 is 34.7 Å². The molecule has 1 saturated heterocycles. The van der Waals surface area contributed by atoms with Crippen LogP contribution in [-0.4, -0.2) is 66.0 Å². The van der Waals surface area contributed by atoms with Crippen LogP contribution in [0.3, 0.4) is 0 Å². The fourth-order valence-corrected chi connectivity index (χ4v) is 3.33. The van der Waals surface area contributed by atoms with E-state index in [0.29, 0.717) is 11.4 Å². The first-order chi connectivity index (χ1) is 12.4. The summed E-state index contributed by atoms with van der Waals surface area (Å²) in [6, 6.07) is 0. The Kier molecular flexibility index (Phi) is 5.51. The Hall–Kier alpha value is -2.08. The molecule has 1 fully saturated rings. The van der Waals surface area contributed by atoms with Crippen LogP contribution < -0.4 is 5.32 Å². The van der Waals surface area contributed by atoms with Crippen molar-refractivity contribution in [3.8, 4) is 0 Å². The lowest BCUT2D eigenvalue weighted by Gasteiger charge is -2.16. The van der Waals surface area contributed by atoms with Crippen LogP contribution >= 0.6 is 11.8 Å². The summed E-state index contributed by atoms with van der Waals surface area (Å²) in [4.78, 5) is 23.9. The maximum absolute atomic E-state index is 12.8. The highest BCUT2D eigenvalue weighted by Crippen LogP contribution is 2.33. The number of thioether (sulfide) groups is 1. The minimum absolute atomic E-state index is 0.102. The van der Waals surface area contributed by atoms with E-state index in [0.717, 1.165) is 13.0 Å². The Labute approximate surface area is 152 Å². The first-order valence-electron chi connectivity index (χ1n) is 7.75. The SMILES string of the molecule is CSC[C@H]1O[C@@H](n2cnc3c(NC(=O)/C=C(/C)F)ncnc32)[C@H](O)[C@@H]1O. The molecule has 2 aromatic heterocycles. The number of aliphatic hydroxyl groups excluding tert-OH is 2. The van der Waals surface area contributed by atoms with Crippen LogP contribution in [0.15, 0.2) is 24.6 Å². The van der Waals surface area contributed by atoms with E-state index in [1.165, 1.54) is 29.0 Å². The molecule has 0 spiro atoms. The maximum Gasteiger partial charge on any atom is 0.252 e. The average molecular weight is 383 g/mol. The predicted molar refractivity (Wildman–Crippen MR) is 93.1 cm³/mol. The molecule has 26 heavy (non-hydrogen) atoms. The molecule has 2 aromatic rings. The van der Waals surface area contributed by atoms with Crippen molar-refractivity contribution in [3.05, 3.63) is 24.6 Å². The molecule has 4 atom stereocenters. The molecule has 11 heteroatoms. The number of aromatic nitrogens is 4. The van der Waals surface area contributed by atoms with Gasteiger partial charge in [0.2, 0.25) is 0 Å². The summed E-state index contributed by atoms with van der Waals surface area (Å²) >= 11 is 1.49. The number of imidazole rings is 1. The standard InChI is InChI=1S/C15H18FN5O4S/c1-7(16)3-9(22)20-13-10-14(18-5-17-13)21(6-19-10)15-12(24)11(23)8(25-15)4-26-2/h3,5-6,8,11-12,15,23-24H,4H2,1-2H3,(H,17,18,20,22)/b7-3-/t8-,11-,12-,15-/m1/s1. The van der Waals surface area contributed by atoms with E-state index in [-0.39, 0.29) is 11.3 Å². The van der Waals surface area contributed by atoms with Crippen molar-refractivity contribution in [3.63, 3.8) is 0 Å². The predicted octanol–water partition coefficient (Wildman–Crippen LogP) is 0.620. The first kappa shape index (κ1) is 18.7. The van der Waals surface area contributed by atoms with Crippen molar-refractivity contribution in [2.75, 3.05) is 17.3 Å². The molecule has 9 nitrogen and oxygen atoms in total. The summed E-state index contributed by atoms with van der Waals surface area (Å²) in [5.41, 5.74) is 0.557. The van der Waals surface area contributed by atoms with Gasteiger partial charge in [-0.05, 0) is 13.2 Å². The lowest BCUT2D eigenvalue weighted by atomic mass is 10.1. The number of anilines is 1. The zero-order chi connectivity index (χ0) is 18.8. The zero-order valence-electron chi connectivity index (χ0n) is 14.0. The molecule has 0 unspecified atom stereocenters. The van der Waals surface area contributed by atoms with E-state index in [1.54, 1.807) is 0 Å². The highest BCUT2D eigenvalue weighted by Gasteiger charge is 2.44. The number of halogens is 1. The van der Waals surface area contributed by atoms with Gasteiger partial charge in [-0.2, -0.15) is 11.8 Å². The molecule has 0 saturated carbocycles. The van der Waals surface area contributed by atoms with Crippen molar-refractivity contribution < 1.29 is 24.1 Å². The lowest BCUT2D eigenvalue weighted by molar-refractivity contribution is -0.112. The number of rotatable bonds is 5.